The Labute approximate surface area is 89.3 Å². The molecule has 1 heterocycles. The molecule has 0 aliphatic carbocycles. The quantitative estimate of drug-likeness (QED) is 0.676. The molecule has 1 atom stereocenters. The fourth-order valence-electron chi connectivity index (χ4n) is 1.85. The molecular formula is C12H13ClO. The number of benzene rings is 1. The number of ether oxygens (including phenoxy) is 1. The Morgan fingerprint density at radius 1 is 1.57 bits per heavy atom. The SMILES string of the molecule is C=CCC1OCCc2cc(Cl)ccc21. The molecule has 0 spiro atoms. The molecule has 0 saturated heterocycles. The van der Waals surface area contributed by atoms with Crippen LogP contribution in [0.2, 0.25) is 5.02 Å². The van der Waals surface area contributed by atoms with Gasteiger partial charge in [0.15, 0.2) is 0 Å². The van der Waals surface area contributed by atoms with Crippen LogP contribution >= 0.6 is 11.6 Å². The fraction of sp³-hybridized carbons (Fsp3) is 0.333. The van der Waals surface area contributed by atoms with Crippen LogP contribution in [0, 0.1) is 0 Å². The largest absolute Gasteiger partial charge is 0.373 e. The van der Waals surface area contributed by atoms with Crippen LogP contribution in [0.3, 0.4) is 0 Å². The second-order valence-electron chi connectivity index (χ2n) is 3.48. The van der Waals surface area contributed by atoms with Crippen molar-refractivity contribution in [2.75, 3.05) is 6.61 Å². The first-order valence-electron chi connectivity index (χ1n) is 4.82. The molecule has 0 amide bonds. The molecule has 1 aliphatic rings. The van der Waals surface area contributed by atoms with Gasteiger partial charge in [-0.2, -0.15) is 0 Å². The second kappa shape index (κ2) is 4.16. The first-order chi connectivity index (χ1) is 6.81. The number of hydrogen-bond acceptors (Lipinski definition) is 1. The predicted molar refractivity (Wildman–Crippen MR) is 58.7 cm³/mol. The van der Waals surface area contributed by atoms with Crippen LogP contribution in [-0.2, 0) is 11.2 Å². The van der Waals surface area contributed by atoms with E-state index in [9.17, 15) is 0 Å². The lowest BCUT2D eigenvalue weighted by atomic mass is 9.96. The maximum Gasteiger partial charge on any atom is 0.0862 e. The summed E-state index contributed by atoms with van der Waals surface area (Å²) in [7, 11) is 0. The maximum atomic E-state index is 5.94. The first kappa shape index (κ1) is 9.75. The Balaban J connectivity index is 2.34. The van der Waals surface area contributed by atoms with Crippen molar-refractivity contribution in [1.82, 2.24) is 0 Å². The lowest BCUT2D eigenvalue weighted by molar-refractivity contribution is 0.0446. The minimum absolute atomic E-state index is 0.175. The molecule has 0 saturated carbocycles. The molecule has 0 fully saturated rings. The molecule has 74 valence electrons. The number of fused-ring (bicyclic) bond motifs is 1. The summed E-state index contributed by atoms with van der Waals surface area (Å²) in [6.45, 7) is 4.52. The second-order valence-corrected chi connectivity index (χ2v) is 3.91. The summed E-state index contributed by atoms with van der Waals surface area (Å²) < 4.78 is 5.67. The summed E-state index contributed by atoms with van der Waals surface area (Å²) in [5, 5.41) is 0.808. The van der Waals surface area contributed by atoms with Gasteiger partial charge in [-0.3, -0.25) is 0 Å². The van der Waals surface area contributed by atoms with Gasteiger partial charge in [0.1, 0.15) is 0 Å². The smallest absolute Gasteiger partial charge is 0.0862 e. The molecule has 1 aliphatic heterocycles. The number of halogens is 1. The molecule has 0 N–H and O–H groups in total. The van der Waals surface area contributed by atoms with Gasteiger partial charge in [-0.05, 0) is 36.1 Å². The zero-order chi connectivity index (χ0) is 9.97. The van der Waals surface area contributed by atoms with Crippen molar-refractivity contribution < 1.29 is 4.74 Å². The van der Waals surface area contributed by atoms with Gasteiger partial charge in [-0.1, -0.05) is 23.7 Å². The van der Waals surface area contributed by atoms with Crippen molar-refractivity contribution >= 4 is 11.6 Å². The van der Waals surface area contributed by atoms with Crippen LogP contribution in [0.5, 0.6) is 0 Å². The van der Waals surface area contributed by atoms with E-state index in [4.69, 9.17) is 16.3 Å². The van der Waals surface area contributed by atoms with E-state index < -0.39 is 0 Å². The van der Waals surface area contributed by atoms with Crippen LogP contribution < -0.4 is 0 Å². The Hall–Kier alpha value is -0.790. The van der Waals surface area contributed by atoms with Crippen LogP contribution in [0.1, 0.15) is 23.7 Å². The summed E-state index contributed by atoms with van der Waals surface area (Å²) in [6, 6.07) is 6.02. The van der Waals surface area contributed by atoms with E-state index in [1.165, 1.54) is 11.1 Å². The van der Waals surface area contributed by atoms with E-state index >= 15 is 0 Å². The van der Waals surface area contributed by atoms with Gasteiger partial charge in [0, 0.05) is 5.02 Å². The third-order valence-corrected chi connectivity index (χ3v) is 2.76. The average Bonchev–Trinajstić information content (AvgIpc) is 2.18. The molecule has 1 unspecified atom stereocenters. The molecule has 0 bridgehead atoms. The lowest BCUT2D eigenvalue weighted by Crippen LogP contribution is -2.15. The molecule has 0 aromatic heterocycles. The van der Waals surface area contributed by atoms with E-state index in [1.54, 1.807) is 0 Å². The summed E-state index contributed by atoms with van der Waals surface area (Å²) in [5.41, 5.74) is 2.58. The highest BCUT2D eigenvalue weighted by Crippen LogP contribution is 2.31. The van der Waals surface area contributed by atoms with Crippen LogP contribution in [0.4, 0.5) is 0 Å². The summed E-state index contributed by atoms with van der Waals surface area (Å²) in [6.07, 6.45) is 3.90. The van der Waals surface area contributed by atoms with Gasteiger partial charge in [0.25, 0.3) is 0 Å². The normalized spacial score (nSPS) is 20.2. The van der Waals surface area contributed by atoms with E-state index in [0.29, 0.717) is 0 Å². The van der Waals surface area contributed by atoms with Gasteiger partial charge in [-0.15, -0.1) is 6.58 Å². The average molecular weight is 209 g/mol. The van der Waals surface area contributed by atoms with E-state index in [0.717, 1.165) is 24.5 Å². The minimum Gasteiger partial charge on any atom is -0.373 e. The molecule has 0 radical (unpaired) electrons. The van der Waals surface area contributed by atoms with Crippen molar-refractivity contribution in [1.29, 1.82) is 0 Å². The van der Waals surface area contributed by atoms with E-state index in [1.807, 2.05) is 18.2 Å². The van der Waals surface area contributed by atoms with Gasteiger partial charge < -0.3 is 4.74 Å². The topological polar surface area (TPSA) is 9.23 Å². The monoisotopic (exact) mass is 208 g/mol. The zero-order valence-corrected chi connectivity index (χ0v) is 8.76. The highest BCUT2D eigenvalue weighted by atomic mass is 35.5. The van der Waals surface area contributed by atoms with E-state index in [2.05, 4.69) is 12.6 Å². The predicted octanol–water partition coefficient (Wildman–Crippen LogP) is 3.53. The number of hydrogen-bond donors (Lipinski definition) is 0. The molecule has 14 heavy (non-hydrogen) atoms. The van der Waals surface area contributed by atoms with Crippen molar-refractivity contribution in [3.63, 3.8) is 0 Å². The summed E-state index contributed by atoms with van der Waals surface area (Å²) in [5.74, 6) is 0. The maximum absolute atomic E-state index is 5.94. The molecule has 2 rings (SSSR count). The summed E-state index contributed by atoms with van der Waals surface area (Å²) in [4.78, 5) is 0. The summed E-state index contributed by atoms with van der Waals surface area (Å²) >= 11 is 5.94. The number of rotatable bonds is 2. The van der Waals surface area contributed by atoms with Crippen molar-refractivity contribution in [2.45, 2.75) is 18.9 Å². The van der Waals surface area contributed by atoms with Gasteiger partial charge in [0.05, 0.1) is 12.7 Å². The Morgan fingerprint density at radius 3 is 3.21 bits per heavy atom. The highest BCUT2D eigenvalue weighted by Gasteiger charge is 2.19. The third kappa shape index (κ3) is 1.84. The first-order valence-corrected chi connectivity index (χ1v) is 5.20. The van der Waals surface area contributed by atoms with Crippen molar-refractivity contribution in [3.05, 3.63) is 47.0 Å². The van der Waals surface area contributed by atoms with Gasteiger partial charge in [0.2, 0.25) is 0 Å². The van der Waals surface area contributed by atoms with Gasteiger partial charge in [-0.25, -0.2) is 0 Å². The van der Waals surface area contributed by atoms with Gasteiger partial charge >= 0.3 is 0 Å². The lowest BCUT2D eigenvalue weighted by Gasteiger charge is -2.25. The Morgan fingerprint density at radius 2 is 2.43 bits per heavy atom. The molecule has 1 nitrogen and oxygen atoms in total. The van der Waals surface area contributed by atoms with Crippen LogP contribution in [0.25, 0.3) is 0 Å². The third-order valence-electron chi connectivity index (χ3n) is 2.52. The highest BCUT2D eigenvalue weighted by molar-refractivity contribution is 6.30. The molecular weight excluding hydrogens is 196 g/mol. The molecule has 2 heteroatoms. The van der Waals surface area contributed by atoms with Crippen molar-refractivity contribution in [3.8, 4) is 0 Å². The van der Waals surface area contributed by atoms with Crippen LogP contribution in [-0.4, -0.2) is 6.61 Å². The Kier molecular flexibility index (Phi) is 2.90. The fourth-order valence-corrected chi connectivity index (χ4v) is 2.05. The van der Waals surface area contributed by atoms with Crippen molar-refractivity contribution in [2.24, 2.45) is 0 Å². The minimum atomic E-state index is 0.175. The Bertz CT molecular complexity index is 346. The molecule has 1 aromatic rings. The van der Waals surface area contributed by atoms with Crippen LogP contribution in [0.15, 0.2) is 30.9 Å². The standard InChI is InChI=1S/C12H13ClO/c1-2-3-12-11-5-4-10(13)8-9(11)6-7-14-12/h2,4-5,8,12H,1,3,6-7H2. The molecule has 1 aromatic carbocycles. The van der Waals surface area contributed by atoms with E-state index in [-0.39, 0.29) is 6.10 Å². The zero-order valence-electron chi connectivity index (χ0n) is 8.00.